The van der Waals surface area contributed by atoms with Gasteiger partial charge in [-0.1, -0.05) is 35.9 Å². The number of ketones is 2. The molecule has 0 unspecified atom stereocenters. The molecule has 0 aromatic heterocycles. The summed E-state index contributed by atoms with van der Waals surface area (Å²) in [4.78, 5) is 34.1. The van der Waals surface area contributed by atoms with Crippen molar-refractivity contribution < 1.29 is 14.4 Å². The highest BCUT2D eigenvalue weighted by molar-refractivity contribution is 6.50. The molecule has 0 saturated heterocycles. The van der Waals surface area contributed by atoms with E-state index in [0.29, 0.717) is 17.4 Å². The average molecular weight is 235 g/mol. The van der Waals surface area contributed by atoms with Crippen LogP contribution in [0.1, 0.15) is 27.1 Å². The molecule has 3 nitrogen and oxygen atoms in total. The molecule has 0 aliphatic heterocycles. The molecule has 4 heteroatoms. The van der Waals surface area contributed by atoms with Crippen molar-refractivity contribution in [2.75, 3.05) is 0 Å². The molecule has 80 valence electrons. The number of Topliss-reactive ketones (excluding diaryl/α,β-unsaturated/α-hetero) is 2. The molecule has 0 N–H and O–H groups in total. The van der Waals surface area contributed by atoms with Crippen molar-refractivity contribution in [2.45, 2.75) is 6.42 Å². The molecule has 1 aromatic carbocycles. The molecule has 0 saturated carbocycles. The van der Waals surface area contributed by atoms with Crippen LogP contribution in [0, 0.1) is 0 Å². The lowest BCUT2D eigenvalue weighted by Gasteiger charge is -2.15. The van der Waals surface area contributed by atoms with Crippen LogP contribution >= 0.6 is 11.6 Å². The van der Waals surface area contributed by atoms with Crippen molar-refractivity contribution in [3.63, 3.8) is 0 Å². The zero-order valence-corrected chi connectivity index (χ0v) is 8.95. The van der Waals surface area contributed by atoms with E-state index in [-0.39, 0.29) is 22.8 Å². The Kier molecular flexibility index (Phi) is 2.71. The van der Waals surface area contributed by atoms with Gasteiger partial charge >= 0.3 is 0 Å². The van der Waals surface area contributed by atoms with Gasteiger partial charge in [0.25, 0.3) is 0 Å². The summed E-state index contributed by atoms with van der Waals surface area (Å²) in [7, 11) is 0. The number of carbonyl (C=O) groups excluding carboxylic acids is 3. The summed E-state index contributed by atoms with van der Waals surface area (Å²) >= 11 is 5.78. The second kappa shape index (κ2) is 4.02. The van der Waals surface area contributed by atoms with E-state index in [1.165, 1.54) is 0 Å². The average Bonchev–Trinajstić information content (AvgIpc) is 2.32. The Labute approximate surface area is 96.7 Å². The van der Waals surface area contributed by atoms with Gasteiger partial charge in [0.2, 0.25) is 5.78 Å². The van der Waals surface area contributed by atoms with Crippen LogP contribution in [0.25, 0.3) is 0 Å². The molecule has 0 amide bonds. The highest BCUT2D eigenvalue weighted by atomic mass is 35.5. The predicted octanol–water partition coefficient (Wildman–Crippen LogP) is 2.15. The first kappa shape index (κ1) is 10.8. The number of benzene rings is 1. The van der Waals surface area contributed by atoms with E-state index >= 15 is 0 Å². The minimum atomic E-state index is -0.395. The molecule has 0 fully saturated rings. The monoisotopic (exact) mass is 234 g/mol. The first-order valence-corrected chi connectivity index (χ1v) is 5.05. The van der Waals surface area contributed by atoms with Gasteiger partial charge in [0, 0.05) is 23.1 Å². The zero-order valence-electron chi connectivity index (χ0n) is 8.20. The summed E-state index contributed by atoms with van der Waals surface area (Å²) in [5, 5.41) is -0.143. The van der Waals surface area contributed by atoms with Gasteiger partial charge in [-0.15, -0.1) is 0 Å². The number of hydrogen-bond acceptors (Lipinski definition) is 3. The van der Waals surface area contributed by atoms with E-state index in [2.05, 4.69) is 0 Å². The van der Waals surface area contributed by atoms with Gasteiger partial charge in [-0.05, 0) is 0 Å². The van der Waals surface area contributed by atoms with Crippen molar-refractivity contribution in [2.24, 2.45) is 0 Å². The van der Waals surface area contributed by atoms with Gasteiger partial charge in [-0.25, -0.2) is 0 Å². The van der Waals surface area contributed by atoms with E-state index in [1.807, 2.05) is 0 Å². The molecule has 1 aliphatic rings. The normalized spacial score (nSPS) is 15.1. The molecule has 16 heavy (non-hydrogen) atoms. The van der Waals surface area contributed by atoms with E-state index in [0.717, 1.165) is 0 Å². The molecular weight excluding hydrogens is 228 g/mol. The van der Waals surface area contributed by atoms with Crippen LogP contribution in [0.4, 0.5) is 0 Å². The standard InChI is InChI=1S/C12H7ClO3/c13-10-9(5-6-14)11(15)7-3-1-2-4-8(7)12(10)16/h1-4,6H,5H2. The molecule has 0 heterocycles. The largest absolute Gasteiger partial charge is 0.303 e. The number of halogens is 1. The number of aldehydes is 1. The molecule has 0 spiro atoms. The van der Waals surface area contributed by atoms with Gasteiger partial charge in [0.05, 0.1) is 5.03 Å². The van der Waals surface area contributed by atoms with Crippen LogP contribution < -0.4 is 0 Å². The Morgan fingerprint density at radius 2 is 1.62 bits per heavy atom. The Bertz CT molecular complexity index is 529. The summed E-state index contributed by atoms with van der Waals surface area (Å²) in [6.07, 6.45) is 0.439. The van der Waals surface area contributed by atoms with E-state index in [4.69, 9.17) is 11.6 Å². The predicted molar refractivity (Wildman–Crippen MR) is 58.7 cm³/mol. The fourth-order valence-corrected chi connectivity index (χ4v) is 1.93. The molecular formula is C12H7ClO3. The Morgan fingerprint density at radius 3 is 2.19 bits per heavy atom. The smallest absolute Gasteiger partial charge is 0.205 e. The second-order valence-corrected chi connectivity index (χ2v) is 3.75. The number of allylic oxidation sites excluding steroid dienone is 2. The number of hydrogen-bond donors (Lipinski definition) is 0. The summed E-state index contributed by atoms with van der Waals surface area (Å²) < 4.78 is 0. The van der Waals surface area contributed by atoms with Crippen molar-refractivity contribution in [3.8, 4) is 0 Å². The van der Waals surface area contributed by atoms with Gasteiger partial charge in [0.1, 0.15) is 6.29 Å². The molecule has 0 bridgehead atoms. The highest BCUT2D eigenvalue weighted by Gasteiger charge is 2.30. The third-order valence-corrected chi connectivity index (χ3v) is 2.84. The Balaban J connectivity index is 2.63. The topological polar surface area (TPSA) is 51.2 Å². The SMILES string of the molecule is O=CCC1=C(Cl)C(=O)c2ccccc2C1=O. The Morgan fingerprint density at radius 1 is 1.06 bits per heavy atom. The third-order valence-electron chi connectivity index (χ3n) is 2.44. The fourth-order valence-electron chi connectivity index (χ4n) is 1.66. The molecule has 2 rings (SSSR count). The van der Waals surface area contributed by atoms with Crippen molar-refractivity contribution in [3.05, 3.63) is 46.0 Å². The first-order chi connectivity index (χ1) is 7.66. The van der Waals surface area contributed by atoms with Gasteiger partial charge in [-0.2, -0.15) is 0 Å². The number of carbonyl (C=O) groups is 3. The summed E-state index contributed by atoms with van der Waals surface area (Å²) in [5.74, 6) is -0.735. The fraction of sp³-hybridized carbons (Fsp3) is 0.0833. The summed E-state index contributed by atoms with van der Waals surface area (Å²) in [6, 6.07) is 6.44. The lowest BCUT2D eigenvalue weighted by molar-refractivity contribution is -0.107. The van der Waals surface area contributed by atoms with E-state index < -0.39 is 5.78 Å². The minimum Gasteiger partial charge on any atom is -0.303 e. The maximum absolute atomic E-state index is 11.9. The first-order valence-electron chi connectivity index (χ1n) is 4.67. The van der Waals surface area contributed by atoms with Gasteiger partial charge in [-0.3, -0.25) is 9.59 Å². The minimum absolute atomic E-state index is 0.0837. The lowest BCUT2D eigenvalue weighted by Crippen LogP contribution is -2.20. The Hall–Kier alpha value is -1.74. The molecule has 1 aromatic rings. The quantitative estimate of drug-likeness (QED) is 0.737. The third kappa shape index (κ3) is 1.49. The van der Waals surface area contributed by atoms with Crippen LogP contribution in [0.15, 0.2) is 34.9 Å². The van der Waals surface area contributed by atoms with Gasteiger partial charge < -0.3 is 4.79 Å². The highest BCUT2D eigenvalue weighted by Crippen LogP contribution is 2.29. The maximum atomic E-state index is 11.9. The van der Waals surface area contributed by atoms with Crippen molar-refractivity contribution >= 4 is 29.5 Å². The number of fused-ring (bicyclic) bond motifs is 1. The van der Waals surface area contributed by atoms with Crippen molar-refractivity contribution in [1.82, 2.24) is 0 Å². The zero-order chi connectivity index (χ0) is 11.7. The van der Waals surface area contributed by atoms with Crippen LogP contribution in [0.3, 0.4) is 0 Å². The van der Waals surface area contributed by atoms with Crippen molar-refractivity contribution in [1.29, 1.82) is 0 Å². The maximum Gasteiger partial charge on any atom is 0.205 e. The number of rotatable bonds is 2. The molecule has 1 aliphatic carbocycles. The van der Waals surface area contributed by atoms with Crippen LogP contribution in [-0.4, -0.2) is 17.9 Å². The molecule has 0 radical (unpaired) electrons. The van der Waals surface area contributed by atoms with E-state index in [9.17, 15) is 14.4 Å². The van der Waals surface area contributed by atoms with Crippen LogP contribution in [0.5, 0.6) is 0 Å². The second-order valence-electron chi connectivity index (χ2n) is 3.37. The van der Waals surface area contributed by atoms with Crippen LogP contribution in [-0.2, 0) is 4.79 Å². The molecule has 0 atom stereocenters. The van der Waals surface area contributed by atoms with E-state index in [1.54, 1.807) is 24.3 Å². The summed E-state index contributed by atoms with van der Waals surface area (Å²) in [5.41, 5.74) is 0.696. The summed E-state index contributed by atoms with van der Waals surface area (Å²) in [6.45, 7) is 0. The van der Waals surface area contributed by atoms with Gasteiger partial charge in [0.15, 0.2) is 5.78 Å². The lowest BCUT2D eigenvalue weighted by atomic mass is 9.88. The van der Waals surface area contributed by atoms with Crippen LogP contribution in [0.2, 0.25) is 0 Å².